The van der Waals surface area contributed by atoms with E-state index in [1.807, 2.05) is 25.2 Å². The minimum atomic E-state index is 0.554. The minimum Gasteiger partial charge on any atom is -0.122 e. The van der Waals surface area contributed by atoms with Crippen LogP contribution < -0.4 is 0 Å². The molecule has 0 atom stereocenters. The van der Waals surface area contributed by atoms with Gasteiger partial charge in [0, 0.05) is 15.7 Å². The second-order valence-electron chi connectivity index (χ2n) is 4.62. The summed E-state index contributed by atoms with van der Waals surface area (Å²) in [6.07, 6.45) is 5.71. The summed E-state index contributed by atoms with van der Waals surface area (Å²) in [5.74, 6) is 1.50. The summed E-state index contributed by atoms with van der Waals surface area (Å²) in [6.45, 7) is 10.4. The van der Waals surface area contributed by atoms with Crippen molar-refractivity contribution >= 4 is 23.4 Å². The molecule has 0 nitrogen and oxygen atoms in total. The van der Waals surface area contributed by atoms with Gasteiger partial charge in [0.05, 0.1) is 0 Å². The standard InChI is InChI=1S/C17H21ClS/c1-5-16(18)11-10-14(4)19-12-15-8-6-7-9-17(15)13(2)3/h5-11,13H,4,12H2,1-3H3/b11-10-,16-5+. The molecular formula is C17H21ClS. The van der Waals surface area contributed by atoms with Crippen LogP contribution >= 0.6 is 23.4 Å². The monoisotopic (exact) mass is 292 g/mol. The third-order valence-electron chi connectivity index (χ3n) is 2.79. The van der Waals surface area contributed by atoms with Gasteiger partial charge in [0.25, 0.3) is 0 Å². The molecule has 1 rings (SSSR count). The number of thioether (sulfide) groups is 1. The topological polar surface area (TPSA) is 0 Å². The molecule has 0 spiro atoms. The van der Waals surface area contributed by atoms with Gasteiger partial charge in [0.1, 0.15) is 0 Å². The first-order valence-electron chi connectivity index (χ1n) is 6.44. The van der Waals surface area contributed by atoms with Crippen molar-refractivity contribution in [2.24, 2.45) is 0 Å². The lowest BCUT2D eigenvalue weighted by atomic mass is 9.98. The number of hydrogen-bond donors (Lipinski definition) is 0. The molecule has 0 saturated heterocycles. The number of hydrogen-bond acceptors (Lipinski definition) is 1. The molecule has 0 N–H and O–H groups in total. The molecule has 0 saturated carbocycles. The van der Waals surface area contributed by atoms with Crippen molar-refractivity contribution in [1.29, 1.82) is 0 Å². The molecule has 0 radical (unpaired) electrons. The summed E-state index contributed by atoms with van der Waals surface area (Å²) in [5, 5.41) is 0.740. The molecule has 2 heteroatoms. The Morgan fingerprint density at radius 1 is 1.32 bits per heavy atom. The molecule has 102 valence electrons. The van der Waals surface area contributed by atoms with E-state index in [4.69, 9.17) is 11.6 Å². The van der Waals surface area contributed by atoms with Crippen molar-refractivity contribution in [1.82, 2.24) is 0 Å². The lowest BCUT2D eigenvalue weighted by Crippen LogP contribution is -1.94. The molecule has 1 aromatic carbocycles. The van der Waals surface area contributed by atoms with Crippen molar-refractivity contribution in [3.8, 4) is 0 Å². The lowest BCUT2D eigenvalue weighted by Gasteiger charge is -2.12. The predicted molar refractivity (Wildman–Crippen MR) is 89.7 cm³/mol. The Balaban J connectivity index is 2.63. The van der Waals surface area contributed by atoms with Crippen LogP contribution in [0.5, 0.6) is 0 Å². The van der Waals surface area contributed by atoms with Gasteiger partial charge in [-0.25, -0.2) is 0 Å². The van der Waals surface area contributed by atoms with Crippen molar-refractivity contribution < 1.29 is 0 Å². The average molecular weight is 293 g/mol. The van der Waals surface area contributed by atoms with Gasteiger partial charge < -0.3 is 0 Å². The van der Waals surface area contributed by atoms with E-state index in [-0.39, 0.29) is 0 Å². The molecule has 0 aliphatic carbocycles. The Hall–Kier alpha value is -0.920. The van der Waals surface area contributed by atoms with E-state index < -0.39 is 0 Å². The largest absolute Gasteiger partial charge is 0.122 e. The third kappa shape index (κ3) is 5.71. The first-order valence-corrected chi connectivity index (χ1v) is 7.80. The van der Waals surface area contributed by atoms with E-state index in [1.165, 1.54) is 11.1 Å². The van der Waals surface area contributed by atoms with E-state index in [0.29, 0.717) is 5.92 Å². The molecular weight excluding hydrogens is 272 g/mol. The summed E-state index contributed by atoms with van der Waals surface area (Å²) in [6, 6.07) is 8.59. The fraction of sp³-hybridized carbons (Fsp3) is 0.294. The highest BCUT2D eigenvalue weighted by molar-refractivity contribution is 8.02. The maximum absolute atomic E-state index is 5.92. The summed E-state index contributed by atoms with van der Waals surface area (Å²) >= 11 is 7.66. The number of benzene rings is 1. The maximum atomic E-state index is 5.92. The van der Waals surface area contributed by atoms with Crippen LogP contribution in [-0.2, 0) is 5.75 Å². The van der Waals surface area contributed by atoms with Crippen molar-refractivity contribution in [2.75, 3.05) is 0 Å². The quantitative estimate of drug-likeness (QED) is 0.558. The molecule has 0 heterocycles. The predicted octanol–water partition coefficient (Wildman–Crippen LogP) is 6.26. The van der Waals surface area contributed by atoms with Gasteiger partial charge in [-0.1, -0.05) is 62.4 Å². The highest BCUT2D eigenvalue weighted by Crippen LogP contribution is 2.27. The van der Waals surface area contributed by atoms with Crippen LogP contribution in [0.15, 0.2) is 59.0 Å². The van der Waals surface area contributed by atoms with E-state index in [9.17, 15) is 0 Å². The first-order chi connectivity index (χ1) is 9.04. The number of rotatable bonds is 6. The Kier molecular flexibility index (Phi) is 7.04. The first kappa shape index (κ1) is 16.1. The number of halogens is 1. The van der Waals surface area contributed by atoms with Gasteiger partial charge in [-0.2, -0.15) is 0 Å². The van der Waals surface area contributed by atoms with Crippen LogP contribution in [0.1, 0.15) is 37.8 Å². The second kappa shape index (κ2) is 8.29. The van der Waals surface area contributed by atoms with Gasteiger partial charge in [0.2, 0.25) is 0 Å². The summed E-state index contributed by atoms with van der Waals surface area (Å²) in [5.41, 5.74) is 2.80. The zero-order chi connectivity index (χ0) is 14.3. The van der Waals surface area contributed by atoms with Crippen LogP contribution in [0.25, 0.3) is 0 Å². The Morgan fingerprint density at radius 3 is 2.63 bits per heavy atom. The van der Waals surface area contributed by atoms with Crippen LogP contribution in [0.2, 0.25) is 0 Å². The van der Waals surface area contributed by atoms with Crippen molar-refractivity contribution in [3.63, 3.8) is 0 Å². The Morgan fingerprint density at radius 2 is 2.00 bits per heavy atom. The van der Waals surface area contributed by atoms with Crippen LogP contribution in [0.4, 0.5) is 0 Å². The summed E-state index contributed by atoms with van der Waals surface area (Å²) < 4.78 is 0. The summed E-state index contributed by atoms with van der Waals surface area (Å²) in [7, 11) is 0. The normalized spacial score (nSPS) is 12.4. The van der Waals surface area contributed by atoms with Crippen molar-refractivity contribution in [2.45, 2.75) is 32.4 Å². The van der Waals surface area contributed by atoms with Crippen LogP contribution in [0, 0.1) is 0 Å². The summed E-state index contributed by atoms with van der Waals surface area (Å²) in [4.78, 5) is 1.03. The van der Waals surface area contributed by atoms with Gasteiger partial charge in [0.15, 0.2) is 0 Å². The minimum absolute atomic E-state index is 0.554. The molecule has 1 aromatic rings. The van der Waals surface area contributed by atoms with E-state index in [2.05, 4.69) is 44.7 Å². The smallest absolute Gasteiger partial charge is 0.0363 e. The van der Waals surface area contributed by atoms with E-state index >= 15 is 0 Å². The molecule has 19 heavy (non-hydrogen) atoms. The molecule has 0 amide bonds. The number of allylic oxidation sites excluding steroid dienone is 4. The zero-order valence-corrected chi connectivity index (χ0v) is 13.4. The SMILES string of the molecule is C=C(/C=C\C(Cl)=C/C)SCc1ccccc1C(C)C. The fourth-order valence-corrected chi connectivity index (χ4v) is 2.55. The van der Waals surface area contributed by atoms with Gasteiger partial charge in [-0.3, -0.25) is 0 Å². The highest BCUT2D eigenvalue weighted by Gasteiger charge is 2.05. The van der Waals surface area contributed by atoms with Gasteiger partial charge in [-0.05, 0) is 36.1 Å². The van der Waals surface area contributed by atoms with Crippen LogP contribution in [0.3, 0.4) is 0 Å². The Labute approximate surface area is 126 Å². The fourth-order valence-electron chi connectivity index (χ4n) is 1.72. The molecule has 0 fully saturated rings. The van der Waals surface area contributed by atoms with E-state index in [0.717, 1.165) is 15.7 Å². The van der Waals surface area contributed by atoms with E-state index in [1.54, 1.807) is 11.8 Å². The van der Waals surface area contributed by atoms with Gasteiger partial charge >= 0.3 is 0 Å². The molecule has 0 aromatic heterocycles. The van der Waals surface area contributed by atoms with Gasteiger partial charge in [-0.15, -0.1) is 11.8 Å². The highest BCUT2D eigenvalue weighted by atomic mass is 35.5. The average Bonchev–Trinajstić information content (AvgIpc) is 2.42. The van der Waals surface area contributed by atoms with Crippen LogP contribution in [-0.4, -0.2) is 0 Å². The lowest BCUT2D eigenvalue weighted by molar-refractivity contribution is 0.855. The molecule has 0 bridgehead atoms. The molecule has 0 unspecified atom stereocenters. The molecule has 0 aliphatic heterocycles. The Bertz CT molecular complexity index is 484. The second-order valence-corrected chi connectivity index (χ2v) is 6.15. The maximum Gasteiger partial charge on any atom is 0.0363 e. The third-order valence-corrected chi connectivity index (χ3v) is 4.10. The van der Waals surface area contributed by atoms with Crippen molar-refractivity contribution in [3.05, 3.63) is 70.1 Å². The molecule has 0 aliphatic rings. The zero-order valence-electron chi connectivity index (χ0n) is 11.8.